The molecule has 0 radical (unpaired) electrons. The summed E-state index contributed by atoms with van der Waals surface area (Å²) in [5.41, 5.74) is -0.0169. The Balaban J connectivity index is 1.49. The third-order valence-electron chi connectivity index (χ3n) is 5.04. The highest BCUT2D eigenvalue weighted by molar-refractivity contribution is 5.37. The Morgan fingerprint density at radius 2 is 1.93 bits per heavy atom. The number of likely N-dealkylation sites (tertiary alicyclic amines) is 1. The zero-order chi connectivity index (χ0) is 19.0. The molecule has 1 unspecified atom stereocenters. The van der Waals surface area contributed by atoms with Gasteiger partial charge in [0.1, 0.15) is 11.5 Å². The van der Waals surface area contributed by atoms with Crippen LogP contribution in [0, 0.1) is 5.82 Å². The van der Waals surface area contributed by atoms with Crippen LogP contribution in [0.2, 0.25) is 0 Å². The molecule has 2 aliphatic rings. The van der Waals surface area contributed by atoms with Gasteiger partial charge in [0, 0.05) is 37.9 Å². The lowest BCUT2D eigenvalue weighted by Crippen LogP contribution is -2.40. The summed E-state index contributed by atoms with van der Waals surface area (Å²) in [7, 11) is 0. The van der Waals surface area contributed by atoms with Gasteiger partial charge >= 0.3 is 6.18 Å². The van der Waals surface area contributed by atoms with Crippen molar-refractivity contribution in [2.75, 3.05) is 18.0 Å². The van der Waals surface area contributed by atoms with Crippen LogP contribution >= 0.6 is 0 Å². The van der Waals surface area contributed by atoms with Crippen LogP contribution in [0.4, 0.5) is 23.5 Å². The lowest BCUT2D eigenvalue weighted by atomic mass is 10.2. The fourth-order valence-corrected chi connectivity index (χ4v) is 3.68. The molecule has 1 aliphatic heterocycles. The van der Waals surface area contributed by atoms with E-state index in [4.69, 9.17) is 0 Å². The molecule has 0 amide bonds. The summed E-state index contributed by atoms with van der Waals surface area (Å²) in [6, 6.07) is 7.66. The van der Waals surface area contributed by atoms with E-state index in [-0.39, 0.29) is 23.8 Å². The number of anilines is 1. The molecule has 27 heavy (non-hydrogen) atoms. The molecule has 2 aromatic rings. The number of aromatic nitrogens is 2. The number of rotatable bonds is 5. The molecule has 0 bridgehead atoms. The standard InChI is InChI=1S/C19H20F4N4/c20-14-3-1-2-13(10-14)11-26-9-7-16(12-26)27(15-4-5-15)18-24-8-6-17(25-18)19(21,22)23/h1-3,6,8,10,15-16H,4-5,7,9,11-12H2. The minimum atomic E-state index is -4.48. The third kappa shape index (κ3) is 4.21. The zero-order valence-electron chi connectivity index (χ0n) is 14.7. The largest absolute Gasteiger partial charge is 0.433 e. The maximum atomic E-state index is 13.4. The summed E-state index contributed by atoms with van der Waals surface area (Å²) < 4.78 is 52.4. The van der Waals surface area contributed by atoms with Gasteiger partial charge in [-0.3, -0.25) is 4.90 Å². The highest BCUT2D eigenvalue weighted by atomic mass is 19.4. The van der Waals surface area contributed by atoms with Crippen molar-refractivity contribution >= 4 is 5.95 Å². The lowest BCUT2D eigenvalue weighted by Gasteiger charge is -2.29. The summed E-state index contributed by atoms with van der Waals surface area (Å²) in [6.45, 7) is 2.13. The van der Waals surface area contributed by atoms with Gasteiger partial charge in [-0.05, 0) is 43.0 Å². The number of nitrogens with zero attached hydrogens (tertiary/aromatic N) is 4. The monoisotopic (exact) mass is 380 g/mol. The highest BCUT2D eigenvalue weighted by Crippen LogP contribution is 2.36. The molecule has 4 nitrogen and oxygen atoms in total. The van der Waals surface area contributed by atoms with Crippen LogP contribution in [0.1, 0.15) is 30.5 Å². The molecule has 2 fully saturated rings. The second-order valence-electron chi connectivity index (χ2n) is 7.19. The van der Waals surface area contributed by atoms with Crippen molar-refractivity contribution in [3.8, 4) is 0 Å². The normalized spacial score (nSPS) is 20.8. The summed E-state index contributed by atoms with van der Waals surface area (Å²) >= 11 is 0. The Bertz CT molecular complexity index is 806. The predicted octanol–water partition coefficient (Wildman–Crippen LogP) is 3.88. The first kappa shape index (κ1) is 18.2. The van der Waals surface area contributed by atoms with E-state index in [9.17, 15) is 17.6 Å². The molecular formula is C19H20F4N4. The molecule has 1 aromatic carbocycles. The van der Waals surface area contributed by atoms with Crippen LogP contribution in [0.3, 0.4) is 0 Å². The predicted molar refractivity (Wildman–Crippen MR) is 92.6 cm³/mol. The Morgan fingerprint density at radius 3 is 2.63 bits per heavy atom. The van der Waals surface area contributed by atoms with Gasteiger partial charge in [0.25, 0.3) is 0 Å². The first-order chi connectivity index (χ1) is 12.9. The molecule has 2 heterocycles. The maximum Gasteiger partial charge on any atom is 0.433 e. The van der Waals surface area contributed by atoms with E-state index < -0.39 is 11.9 Å². The Labute approximate surface area is 154 Å². The first-order valence-electron chi connectivity index (χ1n) is 9.05. The van der Waals surface area contributed by atoms with Gasteiger partial charge in [-0.1, -0.05) is 12.1 Å². The molecule has 144 valence electrons. The van der Waals surface area contributed by atoms with Crippen LogP contribution in [-0.4, -0.2) is 40.0 Å². The van der Waals surface area contributed by atoms with Crippen LogP contribution < -0.4 is 4.90 Å². The van der Waals surface area contributed by atoms with Crippen LogP contribution in [-0.2, 0) is 12.7 Å². The van der Waals surface area contributed by atoms with Gasteiger partial charge in [0.2, 0.25) is 5.95 Å². The van der Waals surface area contributed by atoms with E-state index >= 15 is 0 Å². The Kier molecular flexibility index (Phi) is 4.75. The second-order valence-corrected chi connectivity index (χ2v) is 7.19. The van der Waals surface area contributed by atoms with Gasteiger partial charge < -0.3 is 4.90 Å². The Morgan fingerprint density at radius 1 is 1.11 bits per heavy atom. The van der Waals surface area contributed by atoms with Crippen LogP contribution in [0.5, 0.6) is 0 Å². The van der Waals surface area contributed by atoms with E-state index in [1.54, 1.807) is 6.07 Å². The lowest BCUT2D eigenvalue weighted by molar-refractivity contribution is -0.141. The van der Waals surface area contributed by atoms with Crippen molar-refractivity contribution in [2.24, 2.45) is 0 Å². The topological polar surface area (TPSA) is 32.3 Å². The average Bonchev–Trinajstić information content (AvgIpc) is 3.34. The van der Waals surface area contributed by atoms with Gasteiger partial charge in [0.05, 0.1) is 0 Å². The molecule has 8 heteroatoms. The van der Waals surface area contributed by atoms with E-state index in [0.717, 1.165) is 37.4 Å². The molecule has 0 N–H and O–H groups in total. The minimum Gasteiger partial charge on any atom is -0.334 e. The molecule has 1 atom stereocenters. The fraction of sp³-hybridized carbons (Fsp3) is 0.474. The smallest absolute Gasteiger partial charge is 0.334 e. The molecule has 1 aliphatic carbocycles. The number of benzene rings is 1. The number of hydrogen-bond acceptors (Lipinski definition) is 4. The van der Waals surface area contributed by atoms with E-state index in [1.165, 1.54) is 18.3 Å². The molecule has 1 aromatic heterocycles. The van der Waals surface area contributed by atoms with E-state index in [1.807, 2.05) is 11.0 Å². The van der Waals surface area contributed by atoms with Crippen LogP contribution in [0.25, 0.3) is 0 Å². The number of halogens is 4. The Hall–Kier alpha value is -2.22. The van der Waals surface area contributed by atoms with Crippen molar-refractivity contribution in [1.29, 1.82) is 0 Å². The van der Waals surface area contributed by atoms with Crippen molar-refractivity contribution in [3.05, 3.63) is 53.6 Å². The molecule has 1 saturated carbocycles. The number of alkyl halides is 3. The molecule has 1 saturated heterocycles. The summed E-state index contributed by atoms with van der Waals surface area (Å²) in [4.78, 5) is 12.1. The molecule has 4 rings (SSSR count). The number of hydrogen-bond donors (Lipinski definition) is 0. The molecular weight excluding hydrogens is 360 g/mol. The summed E-state index contributed by atoms with van der Waals surface area (Å²) in [5.74, 6) is -0.106. The van der Waals surface area contributed by atoms with Crippen molar-refractivity contribution in [3.63, 3.8) is 0 Å². The quantitative estimate of drug-likeness (QED) is 0.737. The van der Waals surface area contributed by atoms with Gasteiger partial charge in [0.15, 0.2) is 0 Å². The third-order valence-corrected chi connectivity index (χ3v) is 5.04. The highest BCUT2D eigenvalue weighted by Gasteiger charge is 2.40. The SMILES string of the molecule is Fc1cccc(CN2CCC(N(c3nccc(C(F)(F)F)n3)C3CC3)C2)c1. The summed E-state index contributed by atoms with van der Waals surface area (Å²) in [6.07, 6.45) is -0.586. The summed E-state index contributed by atoms with van der Waals surface area (Å²) in [5, 5.41) is 0. The van der Waals surface area contributed by atoms with Gasteiger partial charge in [-0.25, -0.2) is 14.4 Å². The first-order valence-corrected chi connectivity index (χ1v) is 9.05. The zero-order valence-corrected chi connectivity index (χ0v) is 14.7. The van der Waals surface area contributed by atoms with Gasteiger partial charge in [-0.2, -0.15) is 13.2 Å². The molecule has 0 spiro atoms. The van der Waals surface area contributed by atoms with Crippen molar-refractivity contribution in [1.82, 2.24) is 14.9 Å². The van der Waals surface area contributed by atoms with Crippen molar-refractivity contribution < 1.29 is 17.6 Å². The van der Waals surface area contributed by atoms with Crippen molar-refractivity contribution in [2.45, 2.75) is 44.1 Å². The maximum absolute atomic E-state index is 13.4. The second kappa shape index (κ2) is 7.07. The van der Waals surface area contributed by atoms with Crippen LogP contribution in [0.15, 0.2) is 36.5 Å². The average molecular weight is 380 g/mol. The van der Waals surface area contributed by atoms with E-state index in [0.29, 0.717) is 13.1 Å². The minimum absolute atomic E-state index is 0.0644. The van der Waals surface area contributed by atoms with E-state index in [2.05, 4.69) is 14.9 Å². The fourth-order valence-electron chi connectivity index (χ4n) is 3.68. The van der Waals surface area contributed by atoms with Gasteiger partial charge in [-0.15, -0.1) is 0 Å².